The highest BCUT2D eigenvalue weighted by molar-refractivity contribution is 7.89. The number of hydrogen-bond acceptors (Lipinski definition) is 7. The van der Waals surface area contributed by atoms with Crippen LogP contribution >= 0.6 is 0 Å². The maximum atomic E-state index is 12.1. The zero-order chi connectivity index (χ0) is 14.6. The zero-order valence-electron chi connectivity index (χ0n) is 11.4. The molecule has 9 heteroatoms. The largest absolute Gasteiger partial charge is 0.378 e. The van der Waals surface area contributed by atoms with Crippen molar-refractivity contribution in [3.63, 3.8) is 0 Å². The van der Waals surface area contributed by atoms with Crippen LogP contribution in [0.1, 0.15) is 6.42 Å². The van der Waals surface area contributed by atoms with Crippen LogP contribution in [-0.4, -0.2) is 57.9 Å². The molecular formula is C11H18N4O4S. The predicted octanol–water partition coefficient (Wildman–Crippen LogP) is -0.398. The van der Waals surface area contributed by atoms with Crippen LogP contribution in [0, 0.1) is 0 Å². The van der Waals surface area contributed by atoms with Crippen LogP contribution in [0.15, 0.2) is 17.3 Å². The summed E-state index contributed by atoms with van der Waals surface area (Å²) in [6.07, 6.45) is 3.17. The van der Waals surface area contributed by atoms with Crippen molar-refractivity contribution in [2.45, 2.75) is 16.9 Å². The topological polar surface area (TPSA) is 102 Å². The molecule has 0 aromatic carbocycles. The van der Waals surface area contributed by atoms with Gasteiger partial charge in [0.05, 0.1) is 19.0 Å². The van der Waals surface area contributed by atoms with Crippen LogP contribution in [0.5, 0.6) is 0 Å². The summed E-state index contributed by atoms with van der Waals surface area (Å²) in [6, 6.07) is 0. The van der Waals surface area contributed by atoms with Gasteiger partial charge in [0, 0.05) is 33.7 Å². The standard InChI is InChI=1S/C11H18N4O4S/c1-12-10-13-5-9(6-14-10)20(16,17)15-7-11(18-2)3-4-19-8-11/h5-6,15H,3-4,7-8H2,1-2H3,(H,12,13,14). The van der Waals surface area contributed by atoms with Gasteiger partial charge in [-0.3, -0.25) is 0 Å². The Hall–Kier alpha value is -1.29. The van der Waals surface area contributed by atoms with Crippen molar-refractivity contribution in [2.75, 3.05) is 39.2 Å². The van der Waals surface area contributed by atoms with E-state index < -0.39 is 15.6 Å². The number of nitrogens with one attached hydrogen (secondary N) is 2. The van der Waals surface area contributed by atoms with Crippen LogP contribution in [0.2, 0.25) is 0 Å². The van der Waals surface area contributed by atoms with E-state index in [2.05, 4.69) is 20.0 Å². The van der Waals surface area contributed by atoms with E-state index in [1.54, 1.807) is 14.2 Å². The van der Waals surface area contributed by atoms with Gasteiger partial charge < -0.3 is 14.8 Å². The highest BCUT2D eigenvalue weighted by atomic mass is 32.2. The molecule has 0 bridgehead atoms. The van der Waals surface area contributed by atoms with Crippen LogP contribution < -0.4 is 10.0 Å². The molecule has 112 valence electrons. The molecule has 1 aromatic heterocycles. The lowest BCUT2D eigenvalue weighted by molar-refractivity contribution is -0.0120. The van der Waals surface area contributed by atoms with E-state index in [9.17, 15) is 8.42 Å². The number of methoxy groups -OCH3 is 1. The van der Waals surface area contributed by atoms with Crippen molar-refractivity contribution in [1.29, 1.82) is 0 Å². The number of hydrogen-bond donors (Lipinski definition) is 2. The summed E-state index contributed by atoms with van der Waals surface area (Å²) in [6.45, 7) is 1.09. The summed E-state index contributed by atoms with van der Waals surface area (Å²) in [5, 5.41) is 2.72. The summed E-state index contributed by atoms with van der Waals surface area (Å²) in [7, 11) is -0.453. The van der Waals surface area contributed by atoms with E-state index >= 15 is 0 Å². The van der Waals surface area contributed by atoms with E-state index in [0.717, 1.165) is 0 Å². The molecule has 2 rings (SSSR count). The van der Waals surface area contributed by atoms with Gasteiger partial charge in [-0.1, -0.05) is 0 Å². The normalized spacial score (nSPS) is 22.9. The molecule has 8 nitrogen and oxygen atoms in total. The monoisotopic (exact) mass is 302 g/mol. The zero-order valence-corrected chi connectivity index (χ0v) is 12.2. The van der Waals surface area contributed by atoms with Gasteiger partial charge in [-0.15, -0.1) is 0 Å². The smallest absolute Gasteiger partial charge is 0.243 e. The van der Waals surface area contributed by atoms with Crippen LogP contribution in [0.3, 0.4) is 0 Å². The second-order valence-electron chi connectivity index (χ2n) is 4.51. The first kappa shape index (κ1) is 15.1. The van der Waals surface area contributed by atoms with Gasteiger partial charge in [0.25, 0.3) is 0 Å². The average Bonchev–Trinajstić information content (AvgIpc) is 2.95. The molecule has 0 saturated carbocycles. The maximum Gasteiger partial charge on any atom is 0.243 e. The minimum Gasteiger partial charge on any atom is -0.378 e. The molecule has 0 amide bonds. The minimum atomic E-state index is -3.66. The fourth-order valence-corrected chi connectivity index (χ4v) is 2.86. The Bertz CT molecular complexity index is 540. The SMILES string of the molecule is CNc1ncc(S(=O)(=O)NCC2(OC)CCOC2)cn1. The molecule has 20 heavy (non-hydrogen) atoms. The molecule has 2 heterocycles. The highest BCUT2D eigenvalue weighted by Gasteiger charge is 2.36. The predicted molar refractivity (Wildman–Crippen MR) is 71.9 cm³/mol. The molecule has 1 aliphatic rings. The van der Waals surface area contributed by atoms with E-state index in [-0.39, 0.29) is 11.4 Å². The fourth-order valence-electron chi connectivity index (χ4n) is 1.86. The van der Waals surface area contributed by atoms with Crippen LogP contribution in [-0.2, 0) is 19.5 Å². The Balaban J connectivity index is 2.06. The van der Waals surface area contributed by atoms with E-state index in [0.29, 0.717) is 25.6 Å². The fraction of sp³-hybridized carbons (Fsp3) is 0.636. The molecule has 2 N–H and O–H groups in total. The second kappa shape index (κ2) is 6.00. The molecule has 1 aromatic rings. The third kappa shape index (κ3) is 3.23. The molecular weight excluding hydrogens is 284 g/mol. The maximum absolute atomic E-state index is 12.1. The first-order chi connectivity index (χ1) is 9.51. The van der Waals surface area contributed by atoms with Gasteiger partial charge in [-0.25, -0.2) is 23.1 Å². The van der Waals surface area contributed by atoms with E-state index in [4.69, 9.17) is 9.47 Å². The third-order valence-corrected chi connectivity index (χ3v) is 4.60. The Morgan fingerprint density at radius 3 is 2.65 bits per heavy atom. The van der Waals surface area contributed by atoms with Crippen molar-refractivity contribution in [3.8, 4) is 0 Å². The lowest BCUT2D eigenvalue weighted by atomic mass is 10.0. The van der Waals surface area contributed by atoms with Gasteiger partial charge in [0.15, 0.2) is 0 Å². The van der Waals surface area contributed by atoms with Gasteiger partial charge >= 0.3 is 0 Å². The molecule has 1 fully saturated rings. The van der Waals surface area contributed by atoms with Crippen molar-refractivity contribution in [3.05, 3.63) is 12.4 Å². The van der Waals surface area contributed by atoms with Crippen molar-refractivity contribution in [1.82, 2.24) is 14.7 Å². The molecule has 0 radical (unpaired) electrons. The van der Waals surface area contributed by atoms with E-state index in [1.165, 1.54) is 12.4 Å². The summed E-state index contributed by atoms with van der Waals surface area (Å²) >= 11 is 0. The molecule has 1 unspecified atom stereocenters. The van der Waals surface area contributed by atoms with Crippen molar-refractivity contribution in [2.24, 2.45) is 0 Å². The number of aromatic nitrogens is 2. The Morgan fingerprint density at radius 2 is 2.15 bits per heavy atom. The van der Waals surface area contributed by atoms with Gasteiger partial charge in [0.1, 0.15) is 10.5 Å². The Labute approximate surface area is 118 Å². The van der Waals surface area contributed by atoms with Crippen molar-refractivity contribution < 1.29 is 17.9 Å². The lowest BCUT2D eigenvalue weighted by Gasteiger charge is -2.25. The first-order valence-corrected chi connectivity index (χ1v) is 7.62. The third-order valence-electron chi connectivity index (χ3n) is 3.25. The summed E-state index contributed by atoms with van der Waals surface area (Å²) in [5.74, 6) is 0.363. The van der Waals surface area contributed by atoms with Gasteiger partial charge in [-0.05, 0) is 0 Å². The molecule has 1 saturated heterocycles. The first-order valence-electron chi connectivity index (χ1n) is 6.14. The van der Waals surface area contributed by atoms with E-state index in [1.807, 2.05) is 0 Å². The Kier molecular flexibility index (Phi) is 4.53. The quantitative estimate of drug-likeness (QED) is 0.737. The number of sulfonamides is 1. The summed E-state index contributed by atoms with van der Waals surface area (Å²) < 4.78 is 37.4. The number of ether oxygens (including phenoxy) is 2. The lowest BCUT2D eigenvalue weighted by Crippen LogP contribution is -2.44. The molecule has 0 aliphatic carbocycles. The second-order valence-corrected chi connectivity index (χ2v) is 6.27. The number of nitrogens with zero attached hydrogens (tertiary/aromatic N) is 2. The Morgan fingerprint density at radius 1 is 1.45 bits per heavy atom. The van der Waals surface area contributed by atoms with Gasteiger partial charge in [0.2, 0.25) is 16.0 Å². The summed E-state index contributed by atoms with van der Waals surface area (Å²) in [4.78, 5) is 7.78. The molecule has 0 spiro atoms. The highest BCUT2D eigenvalue weighted by Crippen LogP contribution is 2.22. The molecule has 1 aliphatic heterocycles. The van der Waals surface area contributed by atoms with Crippen molar-refractivity contribution >= 4 is 16.0 Å². The average molecular weight is 302 g/mol. The van der Waals surface area contributed by atoms with Gasteiger partial charge in [-0.2, -0.15) is 0 Å². The number of anilines is 1. The minimum absolute atomic E-state index is 0.0154. The number of rotatable bonds is 6. The van der Waals surface area contributed by atoms with Crippen LogP contribution in [0.4, 0.5) is 5.95 Å². The van der Waals surface area contributed by atoms with Crippen LogP contribution in [0.25, 0.3) is 0 Å². The molecule has 1 atom stereocenters. The summed E-state index contributed by atoms with van der Waals surface area (Å²) in [5.41, 5.74) is -0.598.